The Morgan fingerprint density at radius 3 is 2.41 bits per heavy atom. The number of thioether (sulfide) groups is 1. The van der Waals surface area contributed by atoms with E-state index in [0.717, 1.165) is 32.3 Å². The number of thiophene rings is 1. The molecule has 32 heavy (non-hydrogen) atoms. The smallest absolute Gasteiger partial charge is 0.348 e. The van der Waals surface area contributed by atoms with Crippen LogP contribution in [0, 0.1) is 6.92 Å². The summed E-state index contributed by atoms with van der Waals surface area (Å²) in [6.45, 7) is 6.48. The Morgan fingerprint density at radius 1 is 1.09 bits per heavy atom. The van der Waals surface area contributed by atoms with Crippen LogP contribution < -0.4 is 4.90 Å². The van der Waals surface area contributed by atoms with E-state index >= 15 is 0 Å². The zero-order valence-electron chi connectivity index (χ0n) is 18.9. The molecule has 0 N–H and O–H groups in total. The minimum Gasteiger partial charge on any atom is -0.462 e. The molecule has 0 fully saturated rings. The molecule has 0 aliphatic heterocycles. The van der Waals surface area contributed by atoms with E-state index in [1.54, 1.807) is 26.0 Å². The van der Waals surface area contributed by atoms with E-state index in [2.05, 4.69) is 17.0 Å². The number of aromatic nitrogens is 2. The van der Waals surface area contributed by atoms with Gasteiger partial charge in [0.25, 0.3) is 0 Å². The number of fused-ring (bicyclic) bond motifs is 1. The second kappa shape index (κ2) is 12.2. The number of ether oxygens (including phenoxy) is 3. The molecule has 7 nitrogen and oxygen atoms in total. The molecule has 0 amide bonds. The van der Waals surface area contributed by atoms with Gasteiger partial charge in [0.2, 0.25) is 0 Å². The monoisotopic (exact) mass is 475 g/mol. The SMILES string of the molecule is CCOC(=O)c1sc2nc(CSc3ccccc3)nc(N(CCOC)CCOC)c2c1C. The van der Waals surface area contributed by atoms with Crippen LogP contribution in [0.25, 0.3) is 10.2 Å². The summed E-state index contributed by atoms with van der Waals surface area (Å²) in [7, 11) is 3.36. The minimum absolute atomic E-state index is 0.320. The van der Waals surface area contributed by atoms with Crippen molar-refractivity contribution in [1.82, 2.24) is 9.97 Å². The van der Waals surface area contributed by atoms with Crippen molar-refractivity contribution in [2.75, 3.05) is 52.0 Å². The average Bonchev–Trinajstić information content (AvgIpc) is 3.15. The van der Waals surface area contributed by atoms with Gasteiger partial charge >= 0.3 is 5.97 Å². The molecule has 0 aliphatic carbocycles. The van der Waals surface area contributed by atoms with Gasteiger partial charge in [-0.05, 0) is 31.5 Å². The van der Waals surface area contributed by atoms with Crippen LogP contribution in [0.4, 0.5) is 5.82 Å². The molecule has 0 atom stereocenters. The third-order valence-electron chi connectivity index (χ3n) is 4.82. The Kier molecular flexibility index (Phi) is 9.28. The van der Waals surface area contributed by atoms with Crippen LogP contribution in [0.3, 0.4) is 0 Å². The van der Waals surface area contributed by atoms with Crippen molar-refractivity contribution in [3.8, 4) is 0 Å². The van der Waals surface area contributed by atoms with Gasteiger partial charge < -0.3 is 19.1 Å². The van der Waals surface area contributed by atoms with Crippen molar-refractivity contribution in [2.24, 2.45) is 0 Å². The minimum atomic E-state index is -0.320. The van der Waals surface area contributed by atoms with Gasteiger partial charge in [-0.1, -0.05) is 18.2 Å². The number of aryl methyl sites for hydroxylation is 1. The van der Waals surface area contributed by atoms with Gasteiger partial charge in [0.15, 0.2) is 0 Å². The highest BCUT2D eigenvalue weighted by molar-refractivity contribution is 7.98. The van der Waals surface area contributed by atoms with Gasteiger partial charge in [-0.15, -0.1) is 23.1 Å². The van der Waals surface area contributed by atoms with Crippen LogP contribution in [0.15, 0.2) is 35.2 Å². The van der Waals surface area contributed by atoms with Gasteiger partial charge in [-0.25, -0.2) is 14.8 Å². The normalized spacial score (nSPS) is 11.1. The summed E-state index contributed by atoms with van der Waals surface area (Å²) in [5, 5.41) is 0.888. The molecule has 2 aromatic heterocycles. The number of esters is 1. The first-order valence-electron chi connectivity index (χ1n) is 10.5. The van der Waals surface area contributed by atoms with Gasteiger partial charge in [-0.3, -0.25) is 0 Å². The highest BCUT2D eigenvalue weighted by Gasteiger charge is 2.24. The Morgan fingerprint density at radius 2 is 1.78 bits per heavy atom. The van der Waals surface area contributed by atoms with Crippen LogP contribution in [0.5, 0.6) is 0 Å². The lowest BCUT2D eigenvalue weighted by Crippen LogP contribution is -2.32. The summed E-state index contributed by atoms with van der Waals surface area (Å²) in [5.41, 5.74) is 0.848. The first-order chi connectivity index (χ1) is 15.6. The maximum absolute atomic E-state index is 12.5. The summed E-state index contributed by atoms with van der Waals surface area (Å²) in [6, 6.07) is 10.2. The second-order valence-corrected chi connectivity index (χ2v) is 9.04. The molecule has 0 saturated carbocycles. The number of carbonyl (C=O) groups excluding carboxylic acids is 1. The molecule has 3 rings (SSSR count). The molecule has 0 unspecified atom stereocenters. The quantitative estimate of drug-likeness (QED) is 0.279. The van der Waals surface area contributed by atoms with E-state index in [-0.39, 0.29) is 5.97 Å². The summed E-state index contributed by atoms with van der Waals surface area (Å²) in [5.74, 6) is 1.83. The van der Waals surface area contributed by atoms with Gasteiger partial charge in [0.1, 0.15) is 21.3 Å². The average molecular weight is 476 g/mol. The Balaban J connectivity index is 2.05. The first-order valence-corrected chi connectivity index (χ1v) is 12.3. The van der Waals surface area contributed by atoms with Gasteiger partial charge in [0, 0.05) is 32.2 Å². The molecule has 1 aromatic carbocycles. The molecule has 0 spiro atoms. The molecule has 9 heteroatoms. The number of carbonyl (C=O) groups is 1. The van der Waals surface area contributed by atoms with E-state index in [1.165, 1.54) is 11.3 Å². The lowest BCUT2D eigenvalue weighted by molar-refractivity contribution is 0.0531. The molecule has 0 radical (unpaired) electrons. The topological polar surface area (TPSA) is 73.8 Å². The number of hydrogen-bond donors (Lipinski definition) is 0. The standard InChI is InChI=1S/C23H29N3O4S2/c1-5-30-23(27)20-16(2)19-21(26(11-13-28-3)12-14-29-4)24-18(25-22(19)32-20)15-31-17-9-7-6-8-10-17/h6-10H,5,11-15H2,1-4H3. The van der Waals surface area contributed by atoms with Crippen molar-refractivity contribution in [1.29, 1.82) is 0 Å². The molecule has 0 aliphatic rings. The summed E-state index contributed by atoms with van der Waals surface area (Å²) in [4.78, 5) is 26.9. The number of nitrogens with zero attached hydrogens (tertiary/aromatic N) is 3. The molecule has 0 bridgehead atoms. The maximum atomic E-state index is 12.5. The summed E-state index contributed by atoms with van der Waals surface area (Å²) in [6.07, 6.45) is 0. The highest BCUT2D eigenvalue weighted by Crippen LogP contribution is 2.36. The first kappa shape index (κ1) is 24.4. The summed E-state index contributed by atoms with van der Waals surface area (Å²) >= 11 is 3.05. The Bertz CT molecular complexity index is 1020. The highest BCUT2D eigenvalue weighted by atomic mass is 32.2. The Labute approximate surface area is 197 Å². The second-order valence-electron chi connectivity index (χ2n) is 6.99. The van der Waals surface area contributed by atoms with Gasteiger partial charge in [-0.2, -0.15) is 0 Å². The van der Waals surface area contributed by atoms with Crippen molar-refractivity contribution in [3.63, 3.8) is 0 Å². The van der Waals surface area contributed by atoms with Crippen molar-refractivity contribution in [2.45, 2.75) is 24.5 Å². The van der Waals surface area contributed by atoms with Crippen LogP contribution in [-0.2, 0) is 20.0 Å². The van der Waals surface area contributed by atoms with Crippen LogP contribution in [0.1, 0.15) is 28.0 Å². The summed E-state index contributed by atoms with van der Waals surface area (Å²) < 4.78 is 15.9. The van der Waals surface area contributed by atoms with Crippen molar-refractivity contribution < 1.29 is 19.0 Å². The lowest BCUT2D eigenvalue weighted by atomic mass is 10.2. The Hall–Kier alpha value is -2.20. The zero-order chi connectivity index (χ0) is 22.9. The zero-order valence-corrected chi connectivity index (χ0v) is 20.6. The predicted octanol–water partition coefficient (Wildman–Crippen LogP) is 4.57. The van der Waals surface area contributed by atoms with Crippen LogP contribution in [-0.4, -0.2) is 63.1 Å². The van der Waals surface area contributed by atoms with Crippen molar-refractivity contribution in [3.05, 3.63) is 46.6 Å². The number of methoxy groups -OCH3 is 2. The van der Waals surface area contributed by atoms with E-state index in [4.69, 9.17) is 24.2 Å². The van der Waals surface area contributed by atoms with Crippen molar-refractivity contribution >= 4 is 45.1 Å². The fourth-order valence-electron chi connectivity index (χ4n) is 3.24. The molecule has 3 aromatic rings. The molecule has 0 saturated heterocycles. The molecular weight excluding hydrogens is 446 g/mol. The van der Waals surface area contributed by atoms with E-state index < -0.39 is 0 Å². The maximum Gasteiger partial charge on any atom is 0.348 e. The molecule has 172 valence electrons. The third kappa shape index (κ3) is 5.98. The largest absolute Gasteiger partial charge is 0.462 e. The lowest BCUT2D eigenvalue weighted by Gasteiger charge is -2.24. The number of benzene rings is 1. The van der Waals surface area contributed by atoms with Crippen LogP contribution in [0.2, 0.25) is 0 Å². The predicted molar refractivity (Wildman–Crippen MR) is 130 cm³/mol. The molecule has 2 heterocycles. The molecular formula is C23H29N3O4S2. The van der Waals surface area contributed by atoms with Gasteiger partial charge in [0.05, 0.1) is 31.0 Å². The van der Waals surface area contributed by atoms with E-state index in [9.17, 15) is 4.79 Å². The number of rotatable bonds is 12. The fraction of sp³-hybridized carbons (Fsp3) is 0.435. The number of anilines is 1. The van der Waals surface area contributed by atoms with E-state index in [1.807, 2.05) is 32.0 Å². The third-order valence-corrected chi connectivity index (χ3v) is 6.99. The fourth-order valence-corrected chi connectivity index (χ4v) is 5.10. The number of hydrogen-bond acceptors (Lipinski definition) is 9. The van der Waals surface area contributed by atoms with E-state index in [0.29, 0.717) is 43.5 Å². The van der Waals surface area contributed by atoms with Crippen LogP contribution >= 0.6 is 23.1 Å².